The zero-order chi connectivity index (χ0) is 11.1. The highest BCUT2D eigenvalue weighted by Crippen LogP contribution is 2.23. The molecule has 0 aromatic rings. The predicted molar refractivity (Wildman–Crippen MR) is 63.6 cm³/mol. The van der Waals surface area contributed by atoms with Crippen molar-refractivity contribution in [2.45, 2.75) is 70.4 Å². The molecule has 1 saturated carbocycles. The Morgan fingerprint density at radius 1 is 1.27 bits per heavy atom. The lowest BCUT2D eigenvalue weighted by Gasteiger charge is -2.33. The van der Waals surface area contributed by atoms with Crippen molar-refractivity contribution < 1.29 is 0 Å². The molecule has 1 unspecified atom stereocenters. The van der Waals surface area contributed by atoms with Crippen molar-refractivity contribution in [1.82, 2.24) is 4.90 Å². The lowest BCUT2D eigenvalue weighted by atomic mass is 10.0. The molecule has 86 valence electrons. The number of nitriles is 1. The highest BCUT2D eigenvalue weighted by molar-refractivity contribution is 4.84. The fourth-order valence-corrected chi connectivity index (χ4v) is 2.64. The summed E-state index contributed by atoms with van der Waals surface area (Å²) < 4.78 is 0. The molecule has 0 heterocycles. The minimum absolute atomic E-state index is 0.470. The molecule has 0 amide bonds. The molecular formula is C13H24N2. The van der Waals surface area contributed by atoms with Crippen LogP contribution in [0.25, 0.3) is 0 Å². The van der Waals surface area contributed by atoms with Crippen LogP contribution in [-0.4, -0.2) is 24.0 Å². The van der Waals surface area contributed by atoms with Crippen molar-refractivity contribution in [2.75, 3.05) is 7.05 Å². The molecule has 0 aliphatic heterocycles. The van der Waals surface area contributed by atoms with Gasteiger partial charge in [0.1, 0.15) is 0 Å². The van der Waals surface area contributed by atoms with Gasteiger partial charge in [0.15, 0.2) is 0 Å². The molecule has 0 aromatic heterocycles. The van der Waals surface area contributed by atoms with Gasteiger partial charge in [0.2, 0.25) is 0 Å². The summed E-state index contributed by atoms with van der Waals surface area (Å²) in [5.74, 6) is 0. The summed E-state index contributed by atoms with van der Waals surface area (Å²) in [4.78, 5) is 2.47. The van der Waals surface area contributed by atoms with Crippen LogP contribution in [0, 0.1) is 11.3 Å². The van der Waals surface area contributed by atoms with E-state index in [0.29, 0.717) is 12.5 Å². The van der Waals surface area contributed by atoms with Gasteiger partial charge in [-0.2, -0.15) is 5.26 Å². The van der Waals surface area contributed by atoms with Crippen LogP contribution in [0.5, 0.6) is 0 Å². The summed E-state index contributed by atoms with van der Waals surface area (Å²) in [6.07, 6.45) is 10.00. The molecule has 0 bridgehead atoms. The molecule has 1 atom stereocenters. The van der Waals surface area contributed by atoms with Crippen LogP contribution in [0.1, 0.15) is 58.3 Å². The van der Waals surface area contributed by atoms with E-state index in [4.69, 9.17) is 5.26 Å². The minimum atomic E-state index is 0.470. The van der Waals surface area contributed by atoms with E-state index in [-0.39, 0.29) is 0 Å². The van der Waals surface area contributed by atoms with E-state index in [2.05, 4.69) is 24.9 Å². The van der Waals surface area contributed by atoms with Crippen molar-refractivity contribution in [2.24, 2.45) is 0 Å². The molecule has 0 aromatic carbocycles. The van der Waals surface area contributed by atoms with Crippen molar-refractivity contribution in [3.05, 3.63) is 0 Å². The van der Waals surface area contributed by atoms with Crippen molar-refractivity contribution in [1.29, 1.82) is 5.26 Å². The Bertz CT molecular complexity index is 199. The Morgan fingerprint density at radius 2 is 1.87 bits per heavy atom. The minimum Gasteiger partial charge on any atom is -0.299 e. The van der Waals surface area contributed by atoms with Crippen molar-refractivity contribution in [3.63, 3.8) is 0 Å². The van der Waals surface area contributed by atoms with Crippen LogP contribution in [0.2, 0.25) is 0 Å². The van der Waals surface area contributed by atoms with Gasteiger partial charge in [0, 0.05) is 12.1 Å². The van der Waals surface area contributed by atoms with Gasteiger partial charge in [-0.1, -0.05) is 32.6 Å². The van der Waals surface area contributed by atoms with Crippen LogP contribution in [-0.2, 0) is 0 Å². The summed E-state index contributed by atoms with van der Waals surface area (Å²) in [5.41, 5.74) is 0. The van der Waals surface area contributed by atoms with E-state index < -0.39 is 0 Å². The Labute approximate surface area is 94.3 Å². The first kappa shape index (κ1) is 12.5. The van der Waals surface area contributed by atoms with Gasteiger partial charge < -0.3 is 0 Å². The first-order chi connectivity index (χ1) is 7.29. The largest absolute Gasteiger partial charge is 0.299 e. The third-order valence-corrected chi connectivity index (χ3v) is 3.77. The first-order valence-electron chi connectivity index (χ1n) is 6.38. The lowest BCUT2D eigenvalue weighted by molar-refractivity contribution is 0.155. The van der Waals surface area contributed by atoms with Gasteiger partial charge in [-0.05, 0) is 26.3 Å². The molecule has 1 rings (SSSR count). The maximum Gasteiger partial charge on any atom is 0.0638 e. The second-order valence-electron chi connectivity index (χ2n) is 4.74. The highest BCUT2D eigenvalue weighted by atomic mass is 15.2. The molecule has 1 aliphatic carbocycles. The summed E-state index contributed by atoms with van der Waals surface area (Å²) in [7, 11) is 2.21. The standard InChI is InChI=1S/C13H24N2/c1-3-12(10-11-14)15(2)13-8-6-4-5-7-9-13/h12-13H,3-10H2,1-2H3. The topological polar surface area (TPSA) is 27.0 Å². The zero-order valence-electron chi connectivity index (χ0n) is 10.2. The molecular weight excluding hydrogens is 184 g/mol. The molecule has 0 N–H and O–H groups in total. The van der Waals surface area contributed by atoms with Gasteiger partial charge in [-0.25, -0.2) is 0 Å². The smallest absolute Gasteiger partial charge is 0.0638 e. The van der Waals surface area contributed by atoms with Crippen molar-refractivity contribution >= 4 is 0 Å². The number of rotatable bonds is 4. The normalized spacial score (nSPS) is 20.9. The molecule has 0 saturated heterocycles. The van der Waals surface area contributed by atoms with Gasteiger partial charge in [-0.15, -0.1) is 0 Å². The Balaban J connectivity index is 2.48. The summed E-state index contributed by atoms with van der Waals surface area (Å²) in [6, 6.07) is 3.51. The van der Waals surface area contributed by atoms with Crippen LogP contribution in [0.4, 0.5) is 0 Å². The van der Waals surface area contributed by atoms with Gasteiger partial charge in [0.25, 0.3) is 0 Å². The van der Waals surface area contributed by atoms with Crippen molar-refractivity contribution in [3.8, 4) is 6.07 Å². The SMILES string of the molecule is CCC(CC#N)N(C)C1CCCCCC1. The zero-order valence-corrected chi connectivity index (χ0v) is 10.2. The second-order valence-corrected chi connectivity index (χ2v) is 4.74. The van der Waals surface area contributed by atoms with E-state index in [9.17, 15) is 0 Å². The fraction of sp³-hybridized carbons (Fsp3) is 0.923. The third-order valence-electron chi connectivity index (χ3n) is 3.77. The van der Waals surface area contributed by atoms with Gasteiger partial charge in [-0.3, -0.25) is 4.90 Å². The van der Waals surface area contributed by atoms with Crippen LogP contribution in [0.15, 0.2) is 0 Å². The molecule has 1 aliphatic rings. The van der Waals surface area contributed by atoms with E-state index >= 15 is 0 Å². The molecule has 2 heteroatoms. The van der Waals surface area contributed by atoms with Gasteiger partial charge in [0.05, 0.1) is 12.5 Å². The highest BCUT2D eigenvalue weighted by Gasteiger charge is 2.22. The Hall–Kier alpha value is -0.550. The monoisotopic (exact) mass is 208 g/mol. The molecule has 0 spiro atoms. The first-order valence-corrected chi connectivity index (χ1v) is 6.38. The van der Waals surface area contributed by atoms with E-state index in [1.807, 2.05) is 0 Å². The average Bonchev–Trinajstić information content (AvgIpc) is 2.53. The van der Waals surface area contributed by atoms with E-state index in [0.717, 1.165) is 12.5 Å². The fourth-order valence-electron chi connectivity index (χ4n) is 2.64. The number of hydrogen-bond donors (Lipinski definition) is 0. The van der Waals surface area contributed by atoms with E-state index in [1.54, 1.807) is 0 Å². The second kappa shape index (κ2) is 6.85. The van der Waals surface area contributed by atoms with Crippen LogP contribution < -0.4 is 0 Å². The summed E-state index contributed by atoms with van der Waals surface area (Å²) in [5, 5.41) is 8.79. The summed E-state index contributed by atoms with van der Waals surface area (Å²) in [6.45, 7) is 2.19. The van der Waals surface area contributed by atoms with Crippen LogP contribution >= 0.6 is 0 Å². The maximum atomic E-state index is 8.79. The quantitative estimate of drug-likeness (QED) is 0.663. The average molecular weight is 208 g/mol. The number of hydrogen-bond acceptors (Lipinski definition) is 2. The molecule has 0 radical (unpaired) electrons. The number of nitrogens with zero attached hydrogens (tertiary/aromatic N) is 2. The van der Waals surface area contributed by atoms with Gasteiger partial charge >= 0.3 is 0 Å². The molecule has 15 heavy (non-hydrogen) atoms. The molecule has 2 nitrogen and oxygen atoms in total. The van der Waals surface area contributed by atoms with E-state index in [1.165, 1.54) is 38.5 Å². The van der Waals surface area contributed by atoms with Crippen LogP contribution in [0.3, 0.4) is 0 Å². The third kappa shape index (κ3) is 3.83. The predicted octanol–water partition coefficient (Wildman–Crippen LogP) is 3.33. The molecule has 1 fully saturated rings. The maximum absolute atomic E-state index is 8.79. The summed E-state index contributed by atoms with van der Waals surface area (Å²) >= 11 is 0. The lowest BCUT2D eigenvalue weighted by Crippen LogP contribution is -2.39. The Kier molecular flexibility index (Phi) is 5.71. The Morgan fingerprint density at radius 3 is 2.33 bits per heavy atom.